The quantitative estimate of drug-likeness (QED) is 0.844. The second-order valence-corrected chi connectivity index (χ2v) is 6.75. The molecule has 0 unspecified atom stereocenters. The highest BCUT2D eigenvalue weighted by Gasteiger charge is 2.58. The van der Waals surface area contributed by atoms with E-state index in [1.54, 1.807) is 18.7 Å². The molecule has 2 atom stereocenters. The van der Waals surface area contributed by atoms with Crippen LogP contribution in [0.5, 0.6) is 5.75 Å². The minimum Gasteiger partial charge on any atom is -0.492 e. The van der Waals surface area contributed by atoms with Crippen molar-refractivity contribution in [3.8, 4) is 5.75 Å². The van der Waals surface area contributed by atoms with Crippen LogP contribution in [0.4, 0.5) is 0 Å². The average Bonchev–Trinajstić information content (AvgIpc) is 2.86. The van der Waals surface area contributed by atoms with Gasteiger partial charge in [0.25, 0.3) is 0 Å². The van der Waals surface area contributed by atoms with Gasteiger partial charge >= 0.3 is 5.97 Å². The van der Waals surface area contributed by atoms with E-state index in [9.17, 15) is 14.7 Å². The lowest BCUT2D eigenvalue weighted by molar-refractivity contribution is -0.152. The van der Waals surface area contributed by atoms with E-state index in [1.165, 1.54) is 0 Å². The minimum absolute atomic E-state index is 0. The number of hydrogen-bond donors (Lipinski definition) is 2. The third-order valence-electron chi connectivity index (χ3n) is 4.59. The van der Waals surface area contributed by atoms with E-state index >= 15 is 0 Å². The number of ether oxygens (including phenoxy) is 1. The Hall–Kier alpha value is -1.79. The number of rotatable bonds is 2. The van der Waals surface area contributed by atoms with Gasteiger partial charge in [0.05, 0.1) is 5.54 Å². The van der Waals surface area contributed by atoms with Gasteiger partial charge in [-0.15, -0.1) is 12.4 Å². The highest BCUT2D eigenvalue weighted by atomic mass is 35.5. The van der Waals surface area contributed by atoms with Crippen LogP contribution in [0.2, 0.25) is 0 Å². The lowest BCUT2D eigenvalue weighted by Crippen LogP contribution is -2.52. The van der Waals surface area contributed by atoms with Gasteiger partial charge in [0.15, 0.2) is 0 Å². The molecule has 1 saturated heterocycles. The molecule has 1 aromatic rings. The number of carboxylic acid groups (broad SMARTS) is 1. The number of carboxylic acids is 1. The van der Waals surface area contributed by atoms with Crippen LogP contribution in [-0.4, -0.2) is 47.1 Å². The van der Waals surface area contributed by atoms with Crippen LogP contribution in [-0.2, 0) is 9.59 Å². The lowest BCUT2D eigenvalue weighted by Gasteiger charge is -2.35. The van der Waals surface area contributed by atoms with E-state index in [2.05, 4.69) is 0 Å². The molecule has 1 amide bonds. The van der Waals surface area contributed by atoms with Crippen molar-refractivity contribution < 1.29 is 19.4 Å². The fourth-order valence-electron chi connectivity index (χ4n) is 3.40. The number of carbonyl (C=O) groups is 2. The second kappa shape index (κ2) is 5.69. The van der Waals surface area contributed by atoms with E-state index in [0.29, 0.717) is 12.3 Å². The molecule has 0 spiro atoms. The Morgan fingerprint density at radius 1 is 1.39 bits per heavy atom. The lowest BCUT2D eigenvalue weighted by atomic mass is 9.73. The van der Waals surface area contributed by atoms with Crippen molar-refractivity contribution >= 4 is 24.3 Å². The summed E-state index contributed by atoms with van der Waals surface area (Å²) in [6.45, 7) is 3.82. The molecular formula is C16H21ClN2O4. The summed E-state index contributed by atoms with van der Waals surface area (Å²) in [6.07, 6.45) is 0. The number of hydrogen-bond acceptors (Lipinski definition) is 4. The molecule has 2 heterocycles. The molecule has 0 saturated carbocycles. The number of benzene rings is 1. The van der Waals surface area contributed by atoms with Gasteiger partial charge in [-0.3, -0.25) is 9.59 Å². The van der Waals surface area contributed by atoms with Crippen molar-refractivity contribution in [2.75, 3.05) is 19.7 Å². The first-order valence-electron chi connectivity index (χ1n) is 7.29. The monoisotopic (exact) mass is 340 g/mol. The Labute approximate surface area is 141 Å². The van der Waals surface area contributed by atoms with Crippen molar-refractivity contribution in [2.45, 2.75) is 25.3 Å². The number of aliphatic carboxylic acids is 1. The van der Waals surface area contributed by atoms with E-state index in [1.807, 2.05) is 24.3 Å². The third kappa shape index (κ3) is 2.66. The number of fused-ring (bicyclic) bond motifs is 3. The maximum Gasteiger partial charge on any atom is 0.315 e. The zero-order valence-corrected chi connectivity index (χ0v) is 13.9. The maximum atomic E-state index is 12.5. The van der Waals surface area contributed by atoms with Crippen molar-refractivity contribution in [1.82, 2.24) is 4.90 Å². The Bertz CT molecular complexity index is 643. The zero-order chi connectivity index (χ0) is 16.1. The fraction of sp³-hybridized carbons (Fsp3) is 0.500. The molecule has 2 aliphatic rings. The number of nitrogens with zero attached hydrogens (tertiary/aromatic N) is 1. The SMILES string of the molecule is CC(C)(N)C(=O)N1C[C@@H]2c3ccccc3OC[C@]2(C(=O)O)C1.Cl. The first-order chi connectivity index (χ1) is 10.3. The molecule has 2 aliphatic heterocycles. The van der Waals surface area contributed by atoms with Gasteiger partial charge in [0.1, 0.15) is 17.8 Å². The predicted molar refractivity (Wildman–Crippen MR) is 86.8 cm³/mol. The first kappa shape index (κ1) is 17.6. The van der Waals surface area contributed by atoms with Crippen LogP contribution in [0.25, 0.3) is 0 Å². The van der Waals surface area contributed by atoms with Crippen molar-refractivity contribution in [1.29, 1.82) is 0 Å². The molecule has 126 valence electrons. The number of amides is 1. The largest absolute Gasteiger partial charge is 0.492 e. The Balaban J connectivity index is 0.00000192. The van der Waals surface area contributed by atoms with Crippen molar-refractivity contribution in [3.63, 3.8) is 0 Å². The average molecular weight is 341 g/mol. The molecule has 3 rings (SSSR count). The van der Waals surface area contributed by atoms with Crippen LogP contribution < -0.4 is 10.5 Å². The number of likely N-dealkylation sites (tertiary alicyclic amines) is 1. The summed E-state index contributed by atoms with van der Waals surface area (Å²) in [5.41, 5.74) is 4.62. The summed E-state index contributed by atoms with van der Waals surface area (Å²) < 4.78 is 5.67. The van der Waals surface area contributed by atoms with Crippen LogP contribution in [0.3, 0.4) is 0 Å². The van der Waals surface area contributed by atoms with E-state index in [4.69, 9.17) is 10.5 Å². The van der Waals surface area contributed by atoms with E-state index in [0.717, 1.165) is 5.56 Å². The van der Waals surface area contributed by atoms with E-state index in [-0.39, 0.29) is 37.4 Å². The zero-order valence-electron chi connectivity index (χ0n) is 13.1. The Morgan fingerprint density at radius 2 is 2.04 bits per heavy atom. The standard InChI is InChI=1S/C16H20N2O4.ClH/c1-15(2,17)13(19)18-7-11-10-5-3-4-6-12(10)22-9-16(11,8-18)14(20)21;/h3-6,11H,7-9,17H2,1-2H3,(H,20,21);1H/t11-,16-;/m1./s1. The van der Waals surface area contributed by atoms with Crippen molar-refractivity contribution in [3.05, 3.63) is 29.8 Å². The highest BCUT2D eigenvalue weighted by Crippen LogP contribution is 2.49. The van der Waals surface area contributed by atoms with Crippen LogP contribution in [0.1, 0.15) is 25.3 Å². The maximum absolute atomic E-state index is 12.5. The molecule has 0 bridgehead atoms. The minimum atomic E-state index is -1.10. The molecule has 0 radical (unpaired) electrons. The predicted octanol–water partition coefficient (Wildman–Crippen LogP) is 1.23. The Kier molecular flexibility index (Phi) is 4.34. The fourth-order valence-corrected chi connectivity index (χ4v) is 3.40. The molecule has 23 heavy (non-hydrogen) atoms. The number of halogens is 1. The van der Waals surface area contributed by atoms with E-state index < -0.39 is 16.9 Å². The summed E-state index contributed by atoms with van der Waals surface area (Å²) in [4.78, 5) is 26.0. The molecule has 1 fully saturated rings. The van der Waals surface area contributed by atoms with Crippen LogP contribution >= 0.6 is 12.4 Å². The van der Waals surface area contributed by atoms with Gasteiger partial charge in [0.2, 0.25) is 5.91 Å². The second-order valence-electron chi connectivity index (χ2n) is 6.75. The van der Waals surface area contributed by atoms with Gasteiger partial charge in [-0.25, -0.2) is 0 Å². The molecule has 7 heteroatoms. The van der Waals surface area contributed by atoms with Gasteiger partial charge in [-0.05, 0) is 19.9 Å². The summed E-state index contributed by atoms with van der Waals surface area (Å²) in [5.74, 6) is -0.746. The summed E-state index contributed by atoms with van der Waals surface area (Å²) in [6, 6.07) is 7.42. The van der Waals surface area contributed by atoms with Gasteiger partial charge in [-0.2, -0.15) is 0 Å². The molecular weight excluding hydrogens is 320 g/mol. The summed E-state index contributed by atoms with van der Waals surface area (Å²) >= 11 is 0. The summed E-state index contributed by atoms with van der Waals surface area (Å²) in [5, 5.41) is 9.78. The third-order valence-corrected chi connectivity index (χ3v) is 4.59. The molecule has 6 nitrogen and oxygen atoms in total. The molecule has 3 N–H and O–H groups in total. The first-order valence-corrected chi connectivity index (χ1v) is 7.29. The van der Waals surface area contributed by atoms with Gasteiger partial charge in [-0.1, -0.05) is 18.2 Å². The normalized spacial score (nSPS) is 25.7. The molecule has 0 aromatic heterocycles. The van der Waals surface area contributed by atoms with Gasteiger partial charge in [0, 0.05) is 24.6 Å². The Morgan fingerprint density at radius 3 is 2.65 bits per heavy atom. The number of para-hydroxylation sites is 1. The molecule has 1 aromatic carbocycles. The topological polar surface area (TPSA) is 92.9 Å². The number of nitrogens with two attached hydrogens (primary N) is 1. The van der Waals surface area contributed by atoms with Gasteiger partial charge < -0.3 is 20.5 Å². The summed E-state index contributed by atoms with van der Waals surface area (Å²) in [7, 11) is 0. The molecule has 0 aliphatic carbocycles. The highest BCUT2D eigenvalue weighted by molar-refractivity contribution is 5.88. The smallest absolute Gasteiger partial charge is 0.315 e. The van der Waals surface area contributed by atoms with Crippen LogP contribution in [0.15, 0.2) is 24.3 Å². The van der Waals surface area contributed by atoms with Crippen LogP contribution in [0, 0.1) is 5.41 Å². The number of carbonyl (C=O) groups excluding carboxylic acids is 1. The van der Waals surface area contributed by atoms with Crippen molar-refractivity contribution in [2.24, 2.45) is 11.1 Å².